The van der Waals surface area contributed by atoms with Gasteiger partial charge in [0.05, 0.1) is 0 Å². The van der Waals surface area contributed by atoms with Crippen molar-refractivity contribution in [1.29, 1.82) is 0 Å². The number of tetrazole rings is 1. The SMILES string of the molecule is O=C(O)[C@@H]1CCCN1C(=O)Cn1nnc(-c2ccc(Cl)cc2)n1. The lowest BCUT2D eigenvalue weighted by Crippen LogP contribution is -2.42. The number of carbonyl (C=O) groups is 2. The number of rotatable bonds is 4. The smallest absolute Gasteiger partial charge is 0.326 e. The quantitative estimate of drug-likeness (QED) is 0.896. The second-order valence-corrected chi connectivity index (χ2v) is 5.67. The molecule has 1 N–H and O–H groups in total. The van der Waals surface area contributed by atoms with Gasteiger partial charge in [0.1, 0.15) is 12.6 Å². The minimum atomic E-state index is -0.982. The molecular weight excluding hydrogens is 322 g/mol. The maximum atomic E-state index is 12.2. The molecule has 1 aliphatic rings. The van der Waals surface area contributed by atoms with Gasteiger partial charge < -0.3 is 10.0 Å². The molecule has 1 fully saturated rings. The first-order valence-corrected chi connectivity index (χ1v) is 7.48. The number of carboxylic acids is 1. The van der Waals surface area contributed by atoms with Gasteiger partial charge in [0, 0.05) is 17.1 Å². The van der Waals surface area contributed by atoms with Crippen LogP contribution in [-0.4, -0.2) is 54.7 Å². The molecule has 0 spiro atoms. The predicted octanol–water partition coefficient (Wildman–Crippen LogP) is 1.07. The summed E-state index contributed by atoms with van der Waals surface area (Å²) in [6.45, 7) is 0.304. The van der Waals surface area contributed by atoms with Crippen molar-refractivity contribution < 1.29 is 14.7 Å². The molecule has 1 saturated heterocycles. The van der Waals surface area contributed by atoms with Gasteiger partial charge in [0.15, 0.2) is 0 Å². The largest absolute Gasteiger partial charge is 0.480 e. The summed E-state index contributed by atoms with van der Waals surface area (Å²) in [6.07, 6.45) is 1.16. The van der Waals surface area contributed by atoms with Crippen molar-refractivity contribution in [2.24, 2.45) is 0 Å². The Kier molecular flexibility index (Phi) is 4.24. The fraction of sp³-hybridized carbons (Fsp3) is 0.357. The van der Waals surface area contributed by atoms with Crippen LogP contribution in [-0.2, 0) is 16.1 Å². The van der Waals surface area contributed by atoms with Crippen LogP contribution in [0.1, 0.15) is 12.8 Å². The summed E-state index contributed by atoms with van der Waals surface area (Å²) >= 11 is 5.83. The minimum absolute atomic E-state index is 0.135. The number of nitrogens with zero attached hydrogens (tertiary/aromatic N) is 5. The molecule has 1 amide bonds. The Hall–Kier alpha value is -2.48. The molecule has 0 aliphatic carbocycles. The highest BCUT2D eigenvalue weighted by Crippen LogP contribution is 2.19. The maximum Gasteiger partial charge on any atom is 0.326 e. The highest BCUT2D eigenvalue weighted by molar-refractivity contribution is 6.30. The van der Waals surface area contributed by atoms with E-state index >= 15 is 0 Å². The van der Waals surface area contributed by atoms with Gasteiger partial charge in [-0.3, -0.25) is 4.79 Å². The van der Waals surface area contributed by atoms with Crippen molar-refractivity contribution in [3.05, 3.63) is 29.3 Å². The van der Waals surface area contributed by atoms with Crippen LogP contribution in [0.4, 0.5) is 0 Å². The third-order valence-corrected chi connectivity index (χ3v) is 3.94. The summed E-state index contributed by atoms with van der Waals surface area (Å²) in [6, 6.07) is 6.18. The fourth-order valence-corrected chi connectivity index (χ4v) is 2.68. The lowest BCUT2D eigenvalue weighted by molar-refractivity contribution is -0.148. The summed E-state index contributed by atoms with van der Waals surface area (Å²) in [7, 11) is 0. The normalized spacial score (nSPS) is 17.4. The van der Waals surface area contributed by atoms with Gasteiger partial charge in [0.2, 0.25) is 11.7 Å². The zero-order valence-corrected chi connectivity index (χ0v) is 12.8. The van der Waals surface area contributed by atoms with Crippen molar-refractivity contribution in [3.63, 3.8) is 0 Å². The van der Waals surface area contributed by atoms with Crippen LogP contribution in [0.15, 0.2) is 24.3 Å². The van der Waals surface area contributed by atoms with Gasteiger partial charge in [0.25, 0.3) is 0 Å². The Morgan fingerprint density at radius 3 is 2.74 bits per heavy atom. The number of carbonyl (C=O) groups excluding carboxylic acids is 1. The first-order chi connectivity index (χ1) is 11.0. The molecular formula is C14H14ClN5O3. The van der Waals surface area contributed by atoms with E-state index < -0.39 is 12.0 Å². The van der Waals surface area contributed by atoms with Gasteiger partial charge in [-0.25, -0.2) is 4.79 Å². The molecule has 1 atom stereocenters. The van der Waals surface area contributed by atoms with E-state index in [1.54, 1.807) is 24.3 Å². The third kappa shape index (κ3) is 3.31. The Labute approximate surface area is 136 Å². The Morgan fingerprint density at radius 2 is 2.04 bits per heavy atom. The first kappa shape index (κ1) is 15.4. The lowest BCUT2D eigenvalue weighted by atomic mass is 10.2. The summed E-state index contributed by atoms with van der Waals surface area (Å²) in [5, 5.41) is 21.6. The number of benzene rings is 1. The molecule has 0 radical (unpaired) electrons. The van der Waals surface area contributed by atoms with E-state index in [1.165, 1.54) is 9.70 Å². The number of likely N-dealkylation sites (tertiary alicyclic amines) is 1. The number of hydrogen-bond acceptors (Lipinski definition) is 5. The van der Waals surface area contributed by atoms with E-state index in [-0.39, 0.29) is 12.5 Å². The number of carboxylic acid groups (broad SMARTS) is 1. The molecule has 2 heterocycles. The van der Waals surface area contributed by atoms with Gasteiger partial charge in [-0.2, -0.15) is 4.80 Å². The number of amides is 1. The fourth-order valence-electron chi connectivity index (χ4n) is 2.56. The molecule has 23 heavy (non-hydrogen) atoms. The number of hydrogen-bond donors (Lipinski definition) is 1. The average molecular weight is 336 g/mol. The number of halogens is 1. The van der Waals surface area contributed by atoms with Gasteiger partial charge >= 0.3 is 5.97 Å². The standard InChI is InChI=1S/C14H14ClN5O3/c15-10-5-3-9(4-6-10)13-16-18-20(17-13)8-12(21)19-7-1-2-11(19)14(22)23/h3-6,11H,1-2,7-8H2,(H,22,23)/t11-/m0/s1. The van der Waals surface area contributed by atoms with Gasteiger partial charge in [-0.15, -0.1) is 10.2 Å². The summed E-state index contributed by atoms with van der Waals surface area (Å²) in [5.74, 6) is -0.926. The number of aromatic nitrogens is 4. The topological polar surface area (TPSA) is 101 Å². The van der Waals surface area contributed by atoms with Crippen LogP contribution in [0.25, 0.3) is 11.4 Å². The molecule has 120 valence electrons. The second-order valence-electron chi connectivity index (χ2n) is 5.23. The van der Waals surface area contributed by atoms with Crippen molar-refractivity contribution in [2.75, 3.05) is 6.54 Å². The molecule has 0 bridgehead atoms. The van der Waals surface area contributed by atoms with Crippen LogP contribution in [0.3, 0.4) is 0 Å². The van der Waals surface area contributed by atoms with E-state index in [1.807, 2.05) is 0 Å². The van der Waals surface area contributed by atoms with Gasteiger partial charge in [-0.1, -0.05) is 11.6 Å². The first-order valence-electron chi connectivity index (χ1n) is 7.10. The van der Waals surface area contributed by atoms with E-state index in [0.717, 1.165) is 5.56 Å². The molecule has 0 unspecified atom stereocenters. The highest BCUT2D eigenvalue weighted by atomic mass is 35.5. The molecule has 2 aromatic rings. The molecule has 1 aromatic carbocycles. The van der Waals surface area contributed by atoms with Crippen molar-refractivity contribution in [1.82, 2.24) is 25.1 Å². The van der Waals surface area contributed by atoms with Crippen molar-refractivity contribution in [3.8, 4) is 11.4 Å². The molecule has 8 nitrogen and oxygen atoms in total. The average Bonchev–Trinajstić information content (AvgIpc) is 3.16. The van der Waals surface area contributed by atoms with E-state index in [0.29, 0.717) is 30.2 Å². The molecule has 0 saturated carbocycles. The number of aliphatic carboxylic acids is 1. The molecule has 1 aliphatic heterocycles. The van der Waals surface area contributed by atoms with E-state index in [9.17, 15) is 9.59 Å². The Morgan fingerprint density at radius 1 is 1.30 bits per heavy atom. The highest BCUT2D eigenvalue weighted by Gasteiger charge is 2.34. The van der Waals surface area contributed by atoms with Gasteiger partial charge in [-0.05, 0) is 42.3 Å². The summed E-state index contributed by atoms with van der Waals surface area (Å²) in [5.41, 5.74) is 0.734. The molecule has 3 rings (SSSR count). The van der Waals surface area contributed by atoms with E-state index in [2.05, 4.69) is 15.4 Å². The van der Waals surface area contributed by atoms with Crippen molar-refractivity contribution >= 4 is 23.5 Å². The van der Waals surface area contributed by atoms with Crippen LogP contribution < -0.4 is 0 Å². The van der Waals surface area contributed by atoms with Crippen LogP contribution in [0.2, 0.25) is 5.02 Å². The summed E-state index contributed by atoms with van der Waals surface area (Å²) < 4.78 is 0. The summed E-state index contributed by atoms with van der Waals surface area (Å²) in [4.78, 5) is 25.9. The third-order valence-electron chi connectivity index (χ3n) is 3.69. The molecule has 1 aromatic heterocycles. The zero-order chi connectivity index (χ0) is 16.4. The zero-order valence-electron chi connectivity index (χ0n) is 12.1. The van der Waals surface area contributed by atoms with Crippen LogP contribution in [0, 0.1) is 0 Å². The second kappa shape index (κ2) is 6.33. The lowest BCUT2D eigenvalue weighted by Gasteiger charge is -2.20. The minimum Gasteiger partial charge on any atom is -0.480 e. The maximum absolute atomic E-state index is 12.2. The molecule has 9 heteroatoms. The van der Waals surface area contributed by atoms with Crippen LogP contribution in [0.5, 0.6) is 0 Å². The van der Waals surface area contributed by atoms with Crippen molar-refractivity contribution in [2.45, 2.75) is 25.4 Å². The predicted molar refractivity (Wildman–Crippen MR) is 80.6 cm³/mol. The Bertz CT molecular complexity index is 730. The Balaban J connectivity index is 1.70. The van der Waals surface area contributed by atoms with Crippen LogP contribution >= 0.6 is 11.6 Å². The van der Waals surface area contributed by atoms with E-state index in [4.69, 9.17) is 16.7 Å². The monoisotopic (exact) mass is 335 g/mol.